The second kappa shape index (κ2) is 7.47. The molecule has 0 aromatic heterocycles. The molecule has 0 unspecified atom stereocenters. The number of hydrogen-bond acceptors (Lipinski definition) is 3. The highest BCUT2D eigenvalue weighted by molar-refractivity contribution is 7.91. The van der Waals surface area contributed by atoms with Crippen molar-refractivity contribution >= 4 is 15.7 Å². The number of nitrogens with zero attached hydrogens (tertiary/aromatic N) is 1. The highest BCUT2D eigenvalue weighted by Crippen LogP contribution is 2.33. The summed E-state index contributed by atoms with van der Waals surface area (Å²) >= 11 is 0. The maximum Gasteiger partial charge on any atom is 0.230 e. The maximum absolute atomic E-state index is 13.0. The lowest BCUT2D eigenvalue weighted by Gasteiger charge is -2.34. The minimum Gasteiger partial charge on any atom is -0.339 e. The van der Waals surface area contributed by atoms with Gasteiger partial charge >= 0.3 is 0 Å². The summed E-state index contributed by atoms with van der Waals surface area (Å²) in [6, 6.07) is 7.84. The topological polar surface area (TPSA) is 54.5 Å². The molecule has 0 heterocycles. The van der Waals surface area contributed by atoms with Crippen molar-refractivity contribution in [1.29, 1.82) is 0 Å². The van der Waals surface area contributed by atoms with Crippen molar-refractivity contribution in [2.75, 3.05) is 18.1 Å². The number of fused-ring (bicyclic) bond motifs is 1. The van der Waals surface area contributed by atoms with Crippen molar-refractivity contribution in [2.45, 2.75) is 52.0 Å². The van der Waals surface area contributed by atoms with Crippen LogP contribution >= 0.6 is 0 Å². The molecule has 23 heavy (non-hydrogen) atoms. The minimum absolute atomic E-state index is 0.0391. The van der Waals surface area contributed by atoms with E-state index in [1.165, 1.54) is 5.56 Å². The van der Waals surface area contributed by atoms with Crippen LogP contribution in [0.1, 0.15) is 50.7 Å². The minimum atomic E-state index is -3.09. The molecule has 2 rings (SSSR count). The molecule has 1 aliphatic rings. The Morgan fingerprint density at radius 1 is 1.30 bits per heavy atom. The van der Waals surface area contributed by atoms with E-state index >= 15 is 0 Å². The molecule has 128 valence electrons. The molecule has 0 bridgehead atoms. The Bertz CT molecular complexity index is 654. The second-order valence-electron chi connectivity index (χ2n) is 6.32. The van der Waals surface area contributed by atoms with Crippen LogP contribution in [0.5, 0.6) is 0 Å². The van der Waals surface area contributed by atoms with E-state index in [1.807, 2.05) is 32.0 Å². The van der Waals surface area contributed by atoms with Crippen LogP contribution in [0.25, 0.3) is 0 Å². The van der Waals surface area contributed by atoms with Gasteiger partial charge in [-0.15, -0.1) is 0 Å². The number of sulfone groups is 1. The van der Waals surface area contributed by atoms with Gasteiger partial charge in [0.2, 0.25) is 5.91 Å². The molecule has 0 saturated heterocycles. The van der Waals surface area contributed by atoms with E-state index in [2.05, 4.69) is 6.07 Å². The average molecular weight is 337 g/mol. The summed E-state index contributed by atoms with van der Waals surface area (Å²) in [5, 5.41) is 0. The normalized spacial score (nSPS) is 19.0. The molecule has 2 atom stereocenters. The predicted octanol–water partition coefficient (Wildman–Crippen LogP) is 2.78. The number of aryl methyl sites for hydroxylation is 1. The van der Waals surface area contributed by atoms with E-state index in [4.69, 9.17) is 0 Å². The Morgan fingerprint density at radius 3 is 2.65 bits per heavy atom. The van der Waals surface area contributed by atoms with Gasteiger partial charge in [0.15, 0.2) is 9.84 Å². The number of carbonyl (C=O) groups excluding carboxylic acids is 1. The summed E-state index contributed by atoms with van der Waals surface area (Å²) in [5.74, 6) is 0.0948. The van der Waals surface area contributed by atoms with E-state index in [1.54, 1.807) is 11.8 Å². The van der Waals surface area contributed by atoms with Crippen LogP contribution < -0.4 is 0 Å². The van der Waals surface area contributed by atoms with Crippen LogP contribution in [0, 0.1) is 0 Å². The fourth-order valence-corrected chi connectivity index (χ4v) is 4.62. The smallest absolute Gasteiger partial charge is 0.230 e. The van der Waals surface area contributed by atoms with Crippen LogP contribution in [-0.4, -0.2) is 43.3 Å². The Labute approximate surface area is 139 Å². The molecular formula is C18H27NO3S. The lowest BCUT2D eigenvalue weighted by molar-refractivity contribution is -0.134. The van der Waals surface area contributed by atoms with Crippen LogP contribution in [-0.2, 0) is 21.1 Å². The van der Waals surface area contributed by atoms with Crippen LogP contribution in [0.15, 0.2) is 24.3 Å². The molecule has 1 aromatic rings. The molecule has 0 fully saturated rings. The molecule has 1 aromatic carbocycles. The lowest BCUT2D eigenvalue weighted by Crippen LogP contribution is -2.45. The first kappa shape index (κ1) is 18.0. The third-order valence-electron chi connectivity index (χ3n) is 4.76. The number of carbonyl (C=O) groups is 1. The van der Waals surface area contributed by atoms with Crippen molar-refractivity contribution in [3.63, 3.8) is 0 Å². The monoisotopic (exact) mass is 337 g/mol. The molecule has 4 nitrogen and oxygen atoms in total. The van der Waals surface area contributed by atoms with Gasteiger partial charge in [-0.2, -0.15) is 0 Å². The molecule has 1 aliphatic carbocycles. The Balaban J connectivity index is 2.21. The van der Waals surface area contributed by atoms with E-state index in [9.17, 15) is 13.2 Å². The van der Waals surface area contributed by atoms with Crippen molar-refractivity contribution in [2.24, 2.45) is 0 Å². The fourth-order valence-electron chi connectivity index (χ4n) is 3.47. The number of likely N-dealkylation sites (N-methyl/N-ethyl adjacent to an activating group) is 1. The third-order valence-corrected chi connectivity index (χ3v) is 6.63. The molecular weight excluding hydrogens is 310 g/mol. The molecule has 0 saturated carbocycles. The Morgan fingerprint density at radius 2 is 2.00 bits per heavy atom. The van der Waals surface area contributed by atoms with Crippen molar-refractivity contribution in [3.05, 3.63) is 35.4 Å². The average Bonchev–Trinajstić information content (AvgIpc) is 2.54. The fraction of sp³-hybridized carbons (Fsp3) is 0.611. The zero-order valence-electron chi connectivity index (χ0n) is 14.3. The summed E-state index contributed by atoms with van der Waals surface area (Å²) in [4.78, 5) is 14.8. The number of amides is 1. The summed E-state index contributed by atoms with van der Waals surface area (Å²) in [6.45, 7) is 5.94. The largest absolute Gasteiger partial charge is 0.339 e. The van der Waals surface area contributed by atoms with E-state index in [0.29, 0.717) is 6.54 Å². The van der Waals surface area contributed by atoms with Gasteiger partial charge in [0.1, 0.15) is 0 Å². The molecule has 5 heteroatoms. The maximum atomic E-state index is 13.0. The van der Waals surface area contributed by atoms with Gasteiger partial charge in [0.05, 0.1) is 11.7 Å². The second-order valence-corrected chi connectivity index (χ2v) is 8.71. The summed E-state index contributed by atoms with van der Waals surface area (Å²) in [7, 11) is -3.09. The first-order valence-corrected chi connectivity index (χ1v) is 10.3. The molecule has 0 N–H and O–H groups in total. The molecule has 1 amide bonds. The van der Waals surface area contributed by atoms with Gasteiger partial charge in [-0.1, -0.05) is 31.2 Å². The van der Waals surface area contributed by atoms with Crippen molar-refractivity contribution in [3.8, 4) is 0 Å². The zero-order valence-corrected chi connectivity index (χ0v) is 15.1. The summed E-state index contributed by atoms with van der Waals surface area (Å²) < 4.78 is 23.8. The first-order valence-electron chi connectivity index (χ1n) is 8.48. The highest BCUT2D eigenvalue weighted by atomic mass is 32.2. The van der Waals surface area contributed by atoms with Crippen molar-refractivity contribution in [1.82, 2.24) is 4.90 Å². The van der Waals surface area contributed by atoms with Gasteiger partial charge in [-0.3, -0.25) is 4.79 Å². The number of hydrogen-bond donors (Lipinski definition) is 0. The predicted molar refractivity (Wildman–Crippen MR) is 93.3 cm³/mol. The van der Waals surface area contributed by atoms with E-state index in [-0.39, 0.29) is 29.4 Å². The number of rotatable bonds is 6. The standard InChI is InChI=1S/C18H27NO3S/c1-4-19(14(3)13-23(21,22)5-2)18(20)17-12-8-10-15-9-6-7-11-16(15)17/h6-7,9,11,14,17H,4-5,8,10,12-13H2,1-3H3/t14-,17+/m1/s1. The summed E-state index contributed by atoms with van der Waals surface area (Å²) in [6.07, 6.45) is 2.87. The van der Waals surface area contributed by atoms with Crippen LogP contribution in [0.2, 0.25) is 0 Å². The van der Waals surface area contributed by atoms with E-state index < -0.39 is 9.84 Å². The molecule has 0 spiro atoms. The lowest BCUT2D eigenvalue weighted by atomic mass is 9.82. The van der Waals surface area contributed by atoms with Gasteiger partial charge in [-0.25, -0.2) is 8.42 Å². The SMILES string of the molecule is CCN(C(=O)[C@H]1CCCc2ccccc21)[C@H](C)CS(=O)(=O)CC. The molecule has 0 radical (unpaired) electrons. The third kappa shape index (κ3) is 4.14. The summed E-state index contributed by atoms with van der Waals surface area (Å²) in [5.41, 5.74) is 2.37. The number of benzene rings is 1. The van der Waals surface area contributed by atoms with Gasteiger partial charge < -0.3 is 4.90 Å². The van der Waals surface area contributed by atoms with E-state index in [0.717, 1.165) is 24.8 Å². The Kier molecular flexibility index (Phi) is 5.84. The van der Waals surface area contributed by atoms with Crippen LogP contribution in [0.4, 0.5) is 0 Å². The van der Waals surface area contributed by atoms with Gasteiger partial charge in [-0.05, 0) is 44.2 Å². The quantitative estimate of drug-likeness (QED) is 0.802. The zero-order chi connectivity index (χ0) is 17.0. The van der Waals surface area contributed by atoms with Gasteiger partial charge in [0.25, 0.3) is 0 Å². The Hall–Kier alpha value is -1.36. The van der Waals surface area contributed by atoms with Crippen molar-refractivity contribution < 1.29 is 13.2 Å². The first-order chi connectivity index (χ1) is 10.9. The van der Waals surface area contributed by atoms with Gasteiger partial charge in [0, 0.05) is 18.3 Å². The van der Waals surface area contributed by atoms with Crippen LogP contribution in [0.3, 0.4) is 0 Å². The highest BCUT2D eigenvalue weighted by Gasteiger charge is 2.32. The molecule has 0 aliphatic heterocycles.